The van der Waals surface area contributed by atoms with Gasteiger partial charge in [0, 0.05) is 16.6 Å². The molecule has 0 bridgehead atoms. The van der Waals surface area contributed by atoms with Crippen LogP contribution < -0.4 is 10.9 Å². The molecule has 31 heavy (non-hydrogen) atoms. The van der Waals surface area contributed by atoms with E-state index in [0.29, 0.717) is 11.1 Å². The van der Waals surface area contributed by atoms with Gasteiger partial charge >= 0.3 is 0 Å². The van der Waals surface area contributed by atoms with Crippen molar-refractivity contribution >= 4 is 16.7 Å². The highest BCUT2D eigenvalue weighted by atomic mass is 19.1. The van der Waals surface area contributed by atoms with Gasteiger partial charge in [0.15, 0.2) is 0 Å². The van der Waals surface area contributed by atoms with Crippen LogP contribution in [-0.4, -0.2) is 25.5 Å². The van der Waals surface area contributed by atoms with Gasteiger partial charge in [0.1, 0.15) is 12.4 Å². The quantitative estimate of drug-likeness (QED) is 0.539. The lowest BCUT2D eigenvalue weighted by atomic mass is 10.1. The SMILES string of the molecule is Cc1nn(CC(=O)NC(C)c2cnn(-c3ccc(F)cc3)c2C)c(=O)c2ccccc12. The van der Waals surface area contributed by atoms with Gasteiger partial charge < -0.3 is 5.32 Å². The highest BCUT2D eigenvalue weighted by Crippen LogP contribution is 2.20. The number of halogens is 1. The first-order chi connectivity index (χ1) is 14.8. The number of carbonyl (C=O) groups is 1. The predicted molar refractivity (Wildman–Crippen MR) is 116 cm³/mol. The first kappa shape index (κ1) is 20.5. The van der Waals surface area contributed by atoms with Gasteiger partial charge in [-0.25, -0.2) is 13.8 Å². The summed E-state index contributed by atoms with van der Waals surface area (Å²) < 4.78 is 16.1. The molecular formula is C23H22FN5O2. The number of nitrogens with zero attached hydrogens (tertiary/aromatic N) is 4. The lowest BCUT2D eigenvalue weighted by molar-refractivity contribution is -0.122. The summed E-state index contributed by atoms with van der Waals surface area (Å²) in [7, 11) is 0. The van der Waals surface area contributed by atoms with Gasteiger partial charge in [-0.3, -0.25) is 9.59 Å². The number of rotatable bonds is 5. The smallest absolute Gasteiger partial charge is 0.275 e. The number of aryl methyl sites for hydroxylation is 1. The van der Waals surface area contributed by atoms with Crippen molar-refractivity contribution in [3.05, 3.63) is 87.9 Å². The number of hydrogen-bond acceptors (Lipinski definition) is 4. The third-order valence-corrected chi connectivity index (χ3v) is 5.31. The van der Waals surface area contributed by atoms with Crippen molar-refractivity contribution in [2.24, 2.45) is 0 Å². The molecule has 4 rings (SSSR count). The van der Waals surface area contributed by atoms with Gasteiger partial charge in [0.25, 0.3) is 5.56 Å². The van der Waals surface area contributed by atoms with Crippen LogP contribution in [0.25, 0.3) is 16.5 Å². The second-order valence-electron chi connectivity index (χ2n) is 7.46. The summed E-state index contributed by atoms with van der Waals surface area (Å²) in [4.78, 5) is 25.3. The van der Waals surface area contributed by atoms with Crippen molar-refractivity contribution in [2.45, 2.75) is 33.4 Å². The fraction of sp³-hybridized carbons (Fsp3) is 0.217. The molecule has 0 saturated carbocycles. The van der Waals surface area contributed by atoms with Crippen molar-refractivity contribution in [1.82, 2.24) is 24.9 Å². The zero-order chi connectivity index (χ0) is 22.1. The van der Waals surface area contributed by atoms with Crippen LogP contribution in [0, 0.1) is 19.7 Å². The summed E-state index contributed by atoms with van der Waals surface area (Å²) in [5.74, 6) is -0.645. The number of amides is 1. The fourth-order valence-electron chi connectivity index (χ4n) is 3.70. The Kier molecular flexibility index (Phi) is 5.37. The molecule has 0 aliphatic rings. The lowest BCUT2D eigenvalue weighted by Crippen LogP contribution is -2.35. The molecule has 1 unspecified atom stereocenters. The molecule has 1 atom stereocenters. The maximum absolute atomic E-state index is 13.2. The van der Waals surface area contributed by atoms with E-state index in [-0.39, 0.29) is 29.9 Å². The number of benzene rings is 2. The van der Waals surface area contributed by atoms with E-state index >= 15 is 0 Å². The second kappa shape index (κ2) is 8.14. The van der Waals surface area contributed by atoms with Gasteiger partial charge in [-0.2, -0.15) is 10.2 Å². The molecule has 2 aromatic heterocycles. The minimum absolute atomic E-state index is 0.181. The van der Waals surface area contributed by atoms with Crippen LogP contribution in [0.1, 0.15) is 29.9 Å². The largest absolute Gasteiger partial charge is 0.348 e. The van der Waals surface area contributed by atoms with Gasteiger partial charge in [-0.1, -0.05) is 18.2 Å². The molecular weight excluding hydrogens is 397 g/mol. The average Bonchev–Trinajstić information content (AvgIpc) is 3.14. The summed E-state index contributed by atoms with van der Waals surface area (Å²) in [5, 5.41) is 12.9. The fourth-order valence-corrected chi connectivity index (χ4v) is 3.70. The lowest BCUT2D eigenvalue weighted by Gasteiger charge is -2.15. The van der Waals surface area contributed by atoms with Gasteiger partial charge in [-0.05, 0) is 51.1 Å². The van der Waals surface area contributed by atoms with Crippen LogP contribution in [0.15, 0.2) is 59.5 Å². The summed E-state index contributed by atoms with van der Waals surface area (Å²) in [6, 6.07) is 12.9. The number of aromatic nitrogens is 4. The Morgan fingerprint density at radius 1 is 1.10 bits per heavy atom. The van der Waals surface area contributed by atoms with Gasteiger partial charge in [0.05, 0.1) is 29.0 Å². The van der Waals surface area contributed by atoms with Crippen LogP contribution in [0.3, 0.4) is 0 Å². The molecule has 158 valence electrons. The normalized spacial score (nSPS) is 12.1. The van der Waals surface area contributed by atoms with Crippen molar-refractivity contribution < 1.29 is 9.18 Å². The average molecular weight is 419 g/mol. The zero-order valence-corrected chi connectivity index (χ0v) is 17.5. The number of nitrogens with one attached hydrogen (secondary N) is 1. The summed E-state index contributed by atoms with van der Waals surface area (Å²) in [6.45, 7) is 5.36. The third-order valence-electron chi connectivity index (χ3n) is 5.31. The van der Waals surface area contributed by atoms with Gasteiger partial charge in [0.2, 0.25) is 5.91 Å². The van der Waals surface area contributed by atoms with E-state index in [2.05, 4.69) is 15.5 Å². The Morgan fingerprint density at radius 3 is 2.48 bits per heavy atom. The van der Waals surface area contributed by atoms with E-state index in [4.69, 9.17) is 0 Å². The standard InChI is InChI=1S/C23H22FN5O2/c1-14(21-12-25-29(16(21)3)18-10-8-17(24)9-11-18)26-22(30)13-28-23(31)20-7-5-4-6-19(20)15(2)27-28/h4-12,14H,13H2,1-3H3,(H,26,30). The van der Waals surface area contributed by atoms with E-state index in [0.717, 1.165) is 22.3 Å². The summed E-state index contributed by atoms with van der Waals surface area (Å²) >= 11 is 0. The number of carbonyl (C=O) groups excluding carboxylic acids is 1. The molecule has 7 nitrogen and oxygen atoms in total. The topological polar surface area (TPSA) is 81.8 Å². The highest BCUT2D eigenvalue weighted by Gasteiger charge is 2.18. The first-order valence-corrected chi connectivity index (χ1v) is 9.91. The molecule has 2 heterocycles. The van der Waals surface area contributed by atoms with E-state index in [1.54, 1.807) is 35.1 Å². The molecule has 1 N–H and O–H groups in total. The van der Waals surface area contributed by atoms with Crippen molar-refractivity contribution in [2.75, 3.05) is 0 Å². The molecule has 8 heteroatoms. The number of fused-ring (bicyclic) bond motifs is 1. The van der Waals surface area contributed by atoms with E-state index in [1.807, 2.05) is 32.9 Å². The van der Waals surface area contributed by atoms with Gasteiger partial charge in [-0.15, -0.1) is 0 Å². The monoisotopic (exact) mass is 419 g/mol. The molecule has 0 saturated heterocycles. The minimum atomic E-state index is -0.334. The summed E-state index contributed by atoms with van der Waals surface area (Å²) in [6.07, 6.45) is 1.67. The molecule has 0 radical (unpaired) electrons. The maximum Gasteiger partial charge on any atom is 0.275 e. The molecule has 0 aliphatic heterocycles. The predicted octanol–water partition coefficient (Wildman–Crippen LogP) is 3.22. The summed E-state index contributed by atoms with van der Waals surface area (Å²) in [5.41, 5.74) is 2.77. The second-order valence-corrected chi connectivity index (χ2v) is 7.46. The first-order valence-electron chi connectivity index (χ1n) is 9.91. The molecule has 2 aromatic carbocycles. The van der Waals surface area contributed by atoms with Crippen molar-refractivity contribution in [3.63, 3.8) is 0 Å². The molecule has 0 aliphatic carbocycles. The highest BCUT2D eigenvalue weighted by molar-refractivity contribution is 5.83. The minimum Gasteiger partial charge on any atom is -0.348 e. The Morgan fingerprint density at radius 2 is 1.77 bits per heavy atom. The van der Waals surface area contributed by atoms with E-state index < -0.39 is 0 Å². The Balaban J connectivity index is 1.52. The third kappa shape index (κ3) is 3.96. The van der Waals surface area contributed by atoms with Crippen LogP contribution in [-0.2, 0) is 11.3 Å². The van der Waals surface area contributed by atoms with E-state index in [9.17, 15) is 14.0 Å². The Bertz CT molecular complexity index is 1320. The molecule has 0 fully saturated rings. The molecule has 0 spiro atoms. The van der Waals surface area contributed by atoms with Crippen molar-refractivity contribution in [3.8, 4) is 5.69 Å². The number of hydrogen-bond donors (Lipinski definition) is 1. The maximum atomic E-state index is 13.2. The molecule has 4 aromatic rings. The van der Waals surface area contributed by atoms with Crippen molar-refractivity contribution in [1.29, 1.82) is 0 Å². The van der Waals surface area contributed by atoms with E-state index in [1.165, 1.54) is 16.8 Å². The van der Waals surface area contributed by atoms with Crippen LogP contribution in [0.5, 0.6) is 0 Å². The zero-order valence-electron chi connectivity index (χ0n) is 17.5. The Hall–Kier alpha value is -3.81. The van der Waals surface area contributed by atoms with Crippen LogP contribution in [0.4, 0.5) is 4.39 Å². The van der Waals surface area contributed by atoms with Crippen LogP contribution >= 0.6 is 0 Å². The van der Waals surface area contributed by atoms with Crippen LogP contribution in [0.2, 0.25) is 0 Å². The Labute approximate surface area is 178 Å². The molecule has 1 amide bonds.